The lowest BCUT2D eigenvalue weighted by Crippen LogP contribution is -2.29. The molecule has 0 saturated heterocycles. The van der Waals surface area contributed by atoms with Crippen molar-refractivity contribution in [2.45, 2.75) is 96.7 Å². The molecule has 0 spiro atoms. The molecule has 11 heteroatoms. The highest BCUT2D eigenvalue weighted by atomic mass is 31.2. The molecule has 0 aromatic carbocycles. The topological polar surface area (TPSA) is 149 Å². The summed E-state index contributed by atoms with van der Waals surface area (Å²) in [4.78, 5) is 32.7. The molecule has 0 aliphatic heterocycles. The normalized spacial score (nSPS) is 15.0. The second-order valence-corrected chi connectivity index (χ2v) is 9.20. The van der Waals surface area contributed by atoms with Gasteiger partial charge in [0.1, 0.15) is 12.7 Å². The van der Waals surface area contributed by atoms with Gasteiger partial charge in [0.05, 0.1) is 19.8 Å². The second-order valence-electron chi connectivity index (χ2n) is 7.74. The van der Waals surface area contributed by atoms with Crippen LogP contribution in [0, 0.1) is 0 Å². The number of aliphatic hydroxyl groups excluding tert-OH is 2. The number of hydrogen-bond donors (Lipinski definition) is 3. The minimum absolute atomic E-state index is 0.241. The van der Waals surface area contributed by atoms with Crippen molar-refractivity contribution >= 4 is 19.8 Å². The molecule has 0 fully saturated rings. The van der Waals surface area contributed by atoms with Gasteiger partial charge in [0.2, 0.25) is 0 Å². The van der Waals surface area contributed by atoms with E-state index in [2.05, 4.69) is 11.4 Å². The van der Waals surface area contributed by atoms with Crippen molar-refractivity contribution in [1.29, 1.82) is 0 Å². The van der Waals surface area contributed by atoms with E-state index < -0.39 is 51.8 Å². The number of unbranched alkanes of at least 4 members (excludes halogenated alkanes) is 9. The van der Waals surface area contributed by atoms with Crippen molar-refractivity contribution < 1.29 is 47.8 Å². The van der Waals surface area contributed by atoms with Gasteiger partial charge in [-0.25, -0.2) is 4.57 Å². The Morgan fingerprint density at radius 1 is 0.875 bits per heavy atom. The van der Waals surface area contributed by atoms with E-state index in [9.17, 15) is 19.0 Å². The van der Waals surface area contributed by atoms with Crippen LogP contribution in [0.4, 0.5) is 0 Å². The first-order valence-corrected chi connectivity index (χ1v) is 12.9. The summed E-state index contributed by atoms with van der Waals surface area (Å²) in [5.74, 6) is -1.12. The van der Waals surface area contributed by atoms with Crippen molar-refractivity contribution in [3.05, 3.63) is 0 Å². The predicted octanol–water partition coefficient (Wildman–Crippen LogP) is 3.26. The molecular formula is C21H41O10P. The summed E-state index contributed by atoms with van der Waals surface area (Å²) in [6.45, 7) is 1.21. The first kappa shape index (κ1) is 31.0. The van der Waals surface area contributed by atoms with Gasteiger partial charge >= 0.3 is 19.8 Å². The van der Waals surface area contributed by atoms with Crippen LogP contribution in [0.2, 0.25) is 0 Å². The van der Waals surface area contributed by atoms with Gasteiger partial charge in [-0.15, -0.1) is 0 Å². The van der Waals surface area contributed by atoms with Crippen molar-refractivity contribution in [1.82, 2.24) is 0 Å². The second kappa shape index (κ2) is 19.4. The molecule has 32 heavy (non-hydrogen) atoms. The number of hydrogen-bond acceptors (Lipinski definition) is 9. The van der Waals surface area contributed by atoms with Gasteiger partial charge in [-0.2, -0.15) is 0 Å². The minimum atomic E-state index is -4.55. The molecule has 0 aliphatic rings. The number of phosphoric acid groups is 1. The molecule has 0 radical (unpaired) electrons. The van der Waals surface area contributed by atoms with Crippen LogP contribution in [0.1, 0.15) is 84.5 Å². The zero-order valence-corrected chi connectivity index (χ0v) is 20.3. The quantitative estimate of drug-likeness (QED) is 0.126. The van der Waals surface area contributed by atoms with E-state index in [1.54, 1.807) is 0 Å². The maximum absolute atomic E-state index is 11.9. The Balaban J connectivity index is 4.05. The van der Waals surface area contributed by atoms with Crippen LogP contribution in [0.5, 0.6) is 0 Å². The smallest absolute Gasteiger partial charge is 0.462 e. The van der Waals surface area contributed by atoms with Gasteiger partial charge in [0, 0.05) is 13.3 Å². The highest BCUT2D eigenvalue weighted by molar-refractivity contribution is 7.47. The molecule has 0 amide bonds. The maximum atomic E-state index is 11.9. The van der Waals surface area contributed by atoms with Gasteiger partial charge in [-0.05, 0) is 6.42 Å². The summed E-state index contributed by atoms with van der Waals surface area (Å²) in [7, 11) is -4.55. The van der Waals surface area contributed by atoms with Gasteiger partial charge in [0.15, 0.2) is 6.10 Å². The third-order valence-corrected chi connectivity index (χ3v) is 5.51. The van der Waals surface area contributed by atoms with Gasteiger partial charge < -0.3 is 24.6 Å². The number of aliphatic hydroxyl groups is 2. The number of carbonyl (C=O) groups excluding carboxylic acids is 2. The van der Waals surface area contributed by atoms with E-state index in [4.69, 9.17) is 24.2 Å². The Morgan fingerprint density at radius 2 is 1.41 bits per heavy atom. The van der Waals surface area contributed by atoms with Crippen LogP contribution in [0.25, 0.3) is 0 Å². The number of phosphoric ester groups is 1. The molecule has 10 nitrogen and oxygen atoms in total. The highest BCUT2D eigenvalue weighted by Crippen LogP contribution is 2.43. The van der Waals surface area contributed by atoms with E-state index >= 15 is 0 Å². The summed E-state index contributed by atoms with van der Waals surface area (Å²) in [6, 6.07) is 0. The molecule has 190 valence electrons. The molecule has 0 bridgehead atoms. The minimum Gasteiger partial charge on any atom is -0.462 e. The summed E-state index contributed by atoms with van der Waals surface area (Å²) >= 11 is 0. The Labute approximate surface area is 191 Å². The van der Waals surface area contributed by atoms with E-state index in [0.717, 1.165) is 26.2 Å². The summed E-state index contributed by atoms with van der Waals surface area (Å²) in [5, 5.41) is 17.8. The fraction of sp³-hybridized carbons (Fsp3) is 0.905. The summed E-state index contributed by atoms with van der Waals surface area (Å²) in [5.41, 5.74) is 0. The predicted molar refractivity (Wildman–Crippen MR) is 118 cm³/mol. The molecule has 0 heterocycles. The third kappa shape index (κ3) is 19.6. The molecule has 0 saturated carbocycles. The summed E-state index contributed by atoms with van der Waals surface area (Å²) in [6.07, 6.45) is 9.30. The Bertz CT molecular complexity index is 543. The van der Waals surface area contributed by atoms with Crippen LogP contribution in [0.15, 0.2) is 0 Å². The molecule has 0 aromatic rings. The van der Waals surface area contributed by atoms with Crippen LogP contribution < -0.4 is 0 Å². The van der Waals surface area contributed by atoms with Crippen molar-refractivity contribution in [3.8, 4) is 0 Å². The van der Waals surface area contributed by atoms with Gasteiger partial charge in [-0.3, -0.25) is 18.6 Å². The zero-order chi connectivity index (χ0) is 24.2. The molecule has 0 aliphatic carbocycles. The highest BCUT2D eigenvalue weighted by Gasteiger charge is 2.26. The number of esters is 2. The van der Waals surface area contributed by atoms with Crippen LogP contribution in [0.3, 0.4) is 0 Å². The lowest BCUT2D eigenvalue weighted by Gasteiger charge is -2.19. The Hall–Kier alpha value is -1.03. The van der Waals surface area contributed by atoms with E-state index in [1.165, 1.54) is 38.5 Å². The SMILES string of the molecule is CCCCCCCCCCCCC(=O)OC[C@H](COP(=O)(O)OC[C@H](O)CO)OC(C)=O. The first-order chi connectivity index (χ1) is 15.2. The molecule has 3 N–H and O–H groups in total. The fourth-order valence-electron chi connectivity index (χ4n) is 2.81. The largest absolute Gasteiger partial charge is 0.472 e. The zero-order valence-electron chi connectivity index (χ0n) is 19.4. The lowest BCUT2D eigenvalue weighted by molar-refractivity contribution is -0.159. The third-order valence-electron chi connectivity index (χ3n) is 4.56. The van der Waals surface area contributed by atoms with Crippen LogP contribution >= 0.6 is 7.82 Å². The molecule has 0 rings (SSSR count). The lowest BCUT2D eigenvalue weighted by atomic mass is 10.1. The average molecular weight is 485 g/mol. The van der Waals surface area contributed by atoms with E-state index in [0.29, 0.717) is 6.42 Å². The number of carbonyl (C=O) groups is 2. The van der Waals surface area contributed by atoms with Crippen molar-refractivity contribution in [3.63, 3.8) is 0 Å². The fourth-order valence-corrected chi connectivity index (χ4v) is 3.60. The number of rotatable bonds is 21. The van der Waals surface area contributed by atoms with E-state index in [-0.39, 0.29) is 13.0 Å². The van der Waals surface area contributed by atoms with Crippen molar-refractivity contribution in [2.75, 3.05) is 26.4 Å². The molecule has 1 unspecified atom stereocenters. The van der Waals surface area contributed by atoms with Gasteiger partial charge in [0.25, 0.3) is 0 Å². The molecule has 3 atom stereocenters. The summed E-state index contributed by atoms with van der Waals surface area (Å²) < 4.78 is 31.0. The van der Waals surface area contributed by atoms with E-state index in [1.807, 2.05) is 0 Å². The van der Waals surface area contributed by atoms with Gasteiger partial charge in [-0.1, -0.05) is 64.7 Å². The average Bonchev–Trinajstić information content (AvgIpc) is 2.75. The Kier molecular flexibility index (Phi) is 18.8. The maximum Gasteiger partial charge on any atom is 0.472 e. The first-order valence-electron chi connectivity index (χ1n) is 11.4. The standard InChI is InChI=1S/C21H41O10P/c1-3-4-5-6-7-8-9-10-11-12-13-21(25)28-16-20(31-18(2)23)17-30-32(26,27)29-15-19(24)14-22/h19-20,22,24H,3-17H2,1-2H3,(H,26,27)/t19-,20-/m1/s1. The Morgan fingerprint density at radius 3 is 1.94 bits per heavy atom. The molecule has 0 aromatic heterocycles. The van der Waals surface area contributed by atoms with Crippen molar-refractivity contribution in [2.24, 2.45) is 0 Å². The molecular weight excluding hydrogens is 443 g/mol. The van der Waals surface area contributed by atoms with Crippen LogP contribution in [-0.2, 0) is 32.7 Å². The number of ether oxygens (including phenoxy) is 2. The monoisotopic (exact) mass is 484 g/mol. The van der Waals surface area contributed by atoms with Crippen LogP contribution in [-0.4, -0.2) is 65.7 Å².